The normalized spacial score (nSPS) is 10.7. The summed E-state index contributed by atoms with van der Waals surface area (Å²) in [6.07, 6.45) is 1.49. The minimum absolute atomic E-state index is 0.00174. The molecule has 0 saturated heterocycles. The number of hydrogen-bond donors (Lipinski definition) is 3. The van der Waals surface area contributed by atoms with E-state index in [0.717, 1.165) is 11.8 Å². The Hall–Kier alpha value is -5.51. The molecular formula is C30H27N7O6S2. The molecule has 4 aromatic rings. The number of amides is 1. The summed E-state index contributed by atoms with van der Waals surface area (Å²) in [5, 5.41) is 22.9. The average Bonchev–Trinajstić information content (AvgIpc) is 3.04. The maximum atomic E-state index is 12.7. The summed E-state index contributed by atoms with van der Waals surface area (Å²) in [7, 11) is 0.484. The van der Waals surface area contributed by atoms with E-state index in [2.05, 4.69) is 26.1 Å². The highest BCUT2D eigenvalue weighted by Gasteiger charge is 2.24. The van der Waals surface area contributed by atoms with Crippen LogP contribution in [0.2, 0.25) is 0 Å². The molecule has 0 bridgehead atoms. The van der Waals surface area contributed by atoms with E-state index in [1.807, 2.05) is 6.07 Å². The van der Waals surface area contributed by atoms with Crippen molar-refractivity contribution in [2.75, 3.05) is 42.9 Å². The van der Waals surface area contributed by atoms with E-state index in [4.69, 9.17) is 19.9 Å². The van der Waals surface area contributed by atoms with Crippen LogP contribution < -0.4 is 30.0 Å². The van der Waals surface area contributed by atoms with E-state index in [-0.39, 0.29) is 56.3 Å². The molecule has 0 aliphatic heterocycles. The number of pyridine rings is 2. The number of rotatable bonds is 12. The molecule has 1 amide bonds. The van der Waals surface area contributed by atoms with Crippen molar-refractivity contribution in [3.8, 4) is 40.5 Å². The van der Waals surface area contributed by atoms with Gasteiger partial charge in [0.2, 0.25) is 11.7 Å². The summed E-state index contributed by atoms with van der Waals surface area (Å²) in [6, 6.07) is 17.9. The summed E-state index contributed by atoms with van der Waals surface area (Å²) in [6.45, 7) is 0. The molecule has 230 valence electrons. The highest BCUT2D eigenvalue weighted by molar-refractivity contribution is 7.99. The topological polar surface area (TPSA) is 202 Å². The number of nitrogens with one attached hydrogen (secondary N) is 2. The van der Waals surface area contributed by atoms with Crippen LogP contribution in [0.25, 0.3) is 11.1 Å². The fourth-order valence-corrected chi connectivity index (χ4v) is 6.16. The standard InChI is InChI=1S/C30H27N7O6S2/c1-41-23-14-18(15-24(42-2)28(23)43-3)27-21(16-31)29(33)36-30(22(27)17-32)44-13-11-26(38)35-19-7-9-20(10-8-19)45(39,40)37-25-6-4-5-12-34-25/h4-10,12,14-15H,11,13H2,1-3H3,(H2,33,36)(H,34,37)(H,35,38). The molecule has 0 unspecified atom stereocenters. The Labute approximate surface area is 264 Å². The van der Waals surface area contributed by atoms with Gasteiger partial charge in [0, 0.05) is 29.6 Å². The number of benzene rings is 2. The molecule has 2 aromatic heterocycles. The molecule has 2 heterocycles. The monoisotopic (exact) mass is 645 g/mol. The lowest BCUT2D eigenvalue weighted by atomic mass is 9.96. The predicted molar refractivity (Wildman–Crippen MR) is 169 cm³/mol. The van der Waals surface area contributed by atoms with Crippen LogP contribution in [0.15, 0.2) is 70.7 Å². The van der Waals surface area contributed by atoms with Crippen molar-refractivity contribution in [1.29, 1.82) is 10.5 Å². The van der Waals surface area contributed by atoms with E-state index in [9.17, 15) is 23.7 Å². The van der Waals surface area contributed by atoms with Crippen LogP contribution in [0.5, 0.6) is 17.2 Å². The van der Waals surface area contributed by atoms with Gasteiger partial charge in [-0.25, -0.2) is 18.4 Å². The summed E-state index contributed by atoms with van der Waals surface area (Å²) in [5.74, 6) is 0.928. The summed E-state index contributed by atoms with van der Waals surface area (Å²) < 4.78 is 43.9. The van der Waals surface area contributed by atoms with Crippen molar-refractivity contribution in [1.82, 2.24) is 9.97 Å². The van der Waals surface area contributed by atoms with E-state index in [1.165, 1.54) is 57.9 Å². The number of carbonyl (C=O) groups excluding carboxylic acids is 1. The zero-order valence-electron chi connectivity index (χ0n) is 24.3. The van der Waals surface area contributed by atoms with Crippen LogP contribution in [0, 0.1) is 22.7 Å². The van der Waals surface area contributed by atoms with Crippen molar-refractivity contribution in [3.05, 3.63) is 71.9 Å². The first-order valence-electron chi connectivity index (χ1n) is 13.1. The molecule has 15 heteroatoms. The Bertz CT molecular complexity index is 1880. The minimum atomic E-state index is -3.87. The number of ether oxygens (including phenoxy) is 3. The summed E-state index contributed by atoms with van der Waals surface area (Å²) in [4.78, 5) is 20.9. The Kier molecular flexibility index (Phi) is 10.3. The average molecular weight is 646 g/mol. The SMILES string of the molecule is COc1cc(-c2c(C#N)c(N)nc(SCCC(=O)Nc3ccc(S(=O)(=O)Nc4ccccn4)cc3)c2C#N)cc(OC)c1OC. The Morgan fingerprint density at radius 2 is 1.64 bits per heavy atom. The van der Waals surface area contributed by atoms with Gasteiger partial charge < -0.3 is 25.3 Å². The number of carbonyl (C=O) groups is 1. The second-order valence-electron chi connectivity index (χ2n) is 9.06. The van der Waals surface area contributed by atoms with Gasteiger partial charge >= 0.3 is 0 Å². The third kappa shape index (κ3) is 7.35. The lowest BCUT2D eigenvalue weighted by Gasteiger charge is -2.17. The highest BCUT2D eigenvalue weighted by Crippen LogP contribution is 2.44. The lowest BCUT2D eigenvalue weighted by molar-refractivity contribution is -0.115. The van der Waals surface area contributed by atoms with Gasteiger partial charge in [0.25, 0.3) is 10.0 Å². The molecule has 13 nitrogen and oxygen atoms in total. The highest BCUT2D eigenvalue weighted by atomic mass is 32.2. The first kappa shape index (κ1) is 32.4. The molecule has 4 N–H and O–H groups in total. The Morgan fingerprint density at radius 3 is 2.20 bits per heavy atom. The fraction of sp³-hybridized carbons (Fsp3) is 0.167. The van der Waals surface area contributed by atoms with Crippen LogP contribution in [-0.4, -0.2) is 51.4 Å². The molecule has 2 aromatic carbocycles. The molecule has 0 radical (unpaired) electrons. The van der Waals surface area contributed by atoms with Crippen molar-refractivity contribution >= 4 is 45.0 Å². The van der Waals surface area contributed by atoms with Crippen LogP contribution >= 0.6 is 11.8 Å². The minimum Gasteiger partial charge on any atom is -0.493 e. The zero-order chi connectivity index (χ0) is 32.6. The Morgan fingerprint density at radius 1 is 0.978 bits per heavy atom. The summed E-state index contributed by atoms with van der Waals surface area (Å²) >= 11 is 1.12. The third-order valence-electron chi connectivity index (χ3n) is 6.29. The second kappa shape index (κ2) is 14.3. The smallest absolute Gasteiger partial charge is 0.263 e. The fourth-order valence-electron chi connectivity index (χ4n) is 4.22. The van der Waals surface area contributed by atoms with Gasteiger partial charge in [0.05, 0.1) is 31.8 Å². The van der Waals surface area contributed by atoms with Gasteiger partial charge in [-0.1, -0.05) is 6.07 Å². The molecule has 4 rings (SSSR count). The van der Waals surface area contributed by atoms with E-state index in [0.29, 0.717) is 28.5 Å². The maximum absolute atomic E-state index is 12.7. The number of hydrogen-bond acceptors (Lipinski definition) is 12. The largest absolute Gasteiger partial charge is 0.493 e. The van der Waals surface area contributed by atoms with Gasteiger partial charge in [-0.15, -0.1) is 11.8 Å². The molecule has 0 atom stereocenters. The van der Waals surface area contributed by atoms with E-state index in [1.54, 1.807) is 24.3 Å². The molecular weight excluding hydrogens is 619 g/mol. The number of thioether (sulfide) groups is 1. The van der Waals surface area contributed by atoms with Crippen LogP contribution in [-0.2, 0) is 14.8 Å². The molecule has 45 heavy (non-hydrogen) atoms. The summed E-state index contributed by atoms with van der Waals surface area (Å²) in [5.41, 5.74) is 7.29. The van der Waals surface area contributed by atoms with E-state index < -0.39 is 10.0 Å². The van der Waals surface area contributed by atoms with E-state index >= 15 is 0 Å². The number of nitrogen functional groups attached to an aromatic ring is 1. The number of nitriles is 2. The van der Waals surface area contributed by atoms with Gasteiger partial charge in [0.1, 0.15) is 34.4 Å². The van der Waals surface area contributed by atoms with Crippen molar-refractivity contribution in [2.24, 2.45) is 0 Å². The van der Waals surface area contributed by atoms with Crippen molar-refractivity contribution in [2.45, 2.75) is 16.3 Å². The molecule has 0 aliphatic rings. The number of methoxy groups -OCH3 is 3. The van der Waals surface area contributed by atoms with Crippen molar-refractivity contribution in [3.63, 3.8) is 0 Å². The number of sulfonamides is 1. The van der Waals surface area contributed by atoms with Gasteiger partial charge in [-0.2, -0.15) is 10.5 Å². The van der Waals surface area contributed by atoms with Crippen LogP contribution in [0.1, 0.15) is 17.5 Å². The number of anilines is 3. The van der Waals surface area contributed by atoms with Gasteiger partial charge in [-0.3, -0.25) is 9.52 Å². The predicted octanol–water partition coefficient (Wildman–Crippen LogP) is 4.42. The quantitative estimate of drug-likeness (QED) is 0.183. The van der Waals surface area contributed by atoms with Crippen molar-refractivity contribution < 1.29 is 27.4 Å². The van der Waals surface area contributed by atoms with Gasteiger partial charge in [-0.05, 0) is 54.1 Å². The molecule has 0 saturated carbocycles. The number of nitrogens with zero attached hydrogens (tertiary/aromatic N) is 4. The van der Waals surface area contributed by atoms with Crippen LogP contribution in [0.4, 0.5) is 17.3 Å². The van der Waals surface area contributed by atoms with Gasteiger partial charge in [0.15, 0.2) is 11.5 Å². The molecule has 0 spiro atoms. The van der Waals surface area contributed by atoms with Crippen LogP contribution in [0.3, 0.4) is 0 Å². The molecule has 0 fully saturated rings. The Balaban J connectivity index is 1.49. The second-order valence-corrected chi connectivity index (χ2v) is 11.8. The first-order valence-corrected chi connectivity index (χ1v) is 15.5. The molecule has 0 aliphatic carbocycles. The zero-order valence-corrected chi connectivity index (χ0v) is 26.0. The lowest BCUT2D eigenvalue weighted by Crippen LogP contribution is -2.15. The third-order valence-corrected chi connectivity index (χ3v) is 8.64. The maximum Gasteiger partial charge on any atom is 0.263 e. The number of nitrogens with two attached hydrogens (primary N) is 1. The number of aromatic nitrogens is 2. The first-order chi connectivity index (χ1) is 21.6.